The Morgan fingerprint density at radius 2 is 2.10 bits per heavy atom. The van der Waals surface area contributed by atoms with Crippen LogP contribution in [0.1, 0.15) is 65.2 Å². The first-order valence-corrected chi connectivity index (χ1v) is 8.39. The van der Waals surface area contributed by atoms with E-state index in [-0.39, 0.29) is 11.7 Å². The number of allylic oxidation sites excluding steroid dienone is 3. The standard InChI is InChI=1S/C18H29NO2/c1-18(2,16-11-7-4-8-12-16)21-17(20)19-14-13-15-9-5-3-6-10-15/h3,5,9,16H,4,6-8,10-14H2,1-2H3,(H,19,20). The van der Waals surface area contributed by atoms with Gasteiger partial charge in [-0.1, -0.05) is 43.1 Å². The molecule has 3 nitrogen and oxygen atoms in total. The summed E-state index contributed by atoms with van der Waals surface area (Å²) in [5.41, 5.74) is 1.06. The Hall–Kier alpha value is -1.25. The minimum absolute atomic E-state index is 0.266. The summed E-state index contributed by atoms with van der Waals surface area (Å²) in [5.74, 6) is 0.503. The maximum absolute atomic E-state index is 12.0. The van der Waals surface area contributed by atoms with Crippen LogP contribution in [0.2, 0.25) is 0 Å². The molecule has 0 saturated heterocycles. The second-order valence-electron chi connectivity index (χ2n) is 6.80. The third-order valence-corrected chi connectivity index (χ3v) is 4.76. The van der Waals surface area contributed by atoms with Crippen molar-refractivity contribution in [2.45, 2.75) is 70.8 Å². The lowest BCUT2D eigenvalue weighted by molar-refractivity contribution is -0.0183. The van der Waals surface area contributed by atoms with Crippen molar-refractivity contribution in [2.24, 2.45) is 5.92 Å². The van der Waals surface area contributed by atoms with Crippen LogP contribution >= 0.6 is 0 Å². The molecule has 2 aliphatic carbocycles. The summed E-state index contributed by atoms with van der Waals surface area (Å²) < 4.78 is 5.68. The van der Waals surface area contributed by atoms with Crippen LogP contribution in [0.4, 0.5) is 4.79 Å². The Kier molecular flexibility index (Phi) is 5.89. The molecule has 0 aromatic carbocycles. The molecule has 0 aliphatic heterocycles. The van der Waals surface area contributed by atoms with Crippen LogP contribution < -0.4 is 5.32 Å². The van der Waals surface area contributed by atoms with Gasteiger partial charge in [0.2, 0.25) is 0 Å². The molecule has 0 atom stereocenters. The van der Waals surface area contributed by atoms with Crippen LogP contribution in [0, 0.1) is 5.92 Å². The first kappa shape index (κ1) is 16.1. The molecule has 0 aromatic rings. The Balaban J connectivity index is 1.70. The number of hydrogen-bond acceptors (Lipinski definition) is 2. The third kappa shape index (κ3) is 5.22. The van der Waals surface area contributed by atoms with Gasteiger partial charge in [0.05, 0.1) is 0 Å². The molecule has 2 rings (SSSR count). The average Bonchev–Trinajstić information content (AvgIpc) is 2.49. The van der Waals surface area contributed by atoms with Gasteiger partial charge in [0.15, 0.2) is 0 Å². The molecule has 0 bridgehead atoms. The molecule has 0 radical (unpaired) electrons. The zero-order chi connectivity index (χ0) is 15.1. The van der Waals surface area contributed by atoms with E-state index in [1.807, 2.05) is 0 Å². The van der Waals surface area contributed by atoms with Gasteiger partial charge in [-0.15, -0.1) is 0 Å². The number of nitrogens with one attached hydrogen (secondary N) is 1. The van der Waals surface area contributed by atoms with Crippen molar-refractivity contribution in [1.29, 1.82) is 0 Å². The van der Waals surface area contributed by atoms with Crippen molar-refractivity contribution in [1.82, 2.24) is 5.32 Å². The maximum atomic E-state index is 12.0. The number of carbonyl (C=O) groups is 1. The smallest absolute Gasteiger partial charge is 0.407 e. The number of carbonyl (C=O) groups excluding carboxylic acids is 1. The van der Waals surface area contributed by atoms with Gasteiger partial charge in [0.25, 0.3) is 0 Å². The highest BCUT2D eigenvalue weighted by Crippen LogP contribution is 2.34. The molecule has 1 saturated carbocycles. The Labute approximate surface area is 128 Å². The molecule has 0 spiro atoms. The van der Waals surface area contributed by atoms with Gasteiger partial charge in [0.1, 0.15) is 5.60 Å². The lowest BCUT2D eigenvalue weighted by Crippen LogP contribution is -2.41. The zero-order valence-electron chi connectivity index (χ0n) is 13.5. The Morgan fingerprint density at radius 3 is 2.76 bits per heavy atom. The van der Waals surface area contributed by atoms with E-state index in [9.17, 15) is 4.79 Å². The Bertz CT molecular complexity index is 403. The molecule has 0 heterocycles. The molecule has 0 aromatic heterocycles. The topological polar surface area (TPSA) is 38.3 Å². The van der Waals surface area contributed by atoms with Crippen LogP contribution in [0.5, 0.6) is 0 Å². The molecular weight excluding hydrogens is 262 g/mol. The van der Waals surface area contributed by atoms with E-state index in [1.165, 1.54) is 37.7 Å². The normalized spacial score (nSPS) is 20.0. The molecule has 1 fully saturated rings. The number of hydrogen-bond donors (Lipinski definition) is 1. The van der Waals surface area contributed by atoms with Crippen molar-refractivity contribution >= 4 is 6.09 Å². The van der Waals surface area contributed by atoms with Gasteiger partial charge in [-0.25, -0.2) is 4.79 Å². The van der Waals surface area contributed by atoms with Crippen LogP contribution in [0.15, 0.2) is 23.8 Å². The molecule has 118 valence electrons. The van der Waals surface area contributed by atoms with E-state index < -0.39 is 0 Å². The lowest BCUT2D eigenvalue weighted by atomic mass is 9.79. The summed E-state index contributed by atoms with van der Waals surface area (Å²) in [7, 11) is 0. The van der Waals surface area contributed by atoms with E-state index in [2.05, 4.69) is 37.4 Å². The number of rotatable bonds is 5. The first-order valence-electron chi connectivity index (χ1n) is 8.39. The fraction of sp³-hybridized carbons (Fsp3) is 0.722. The predicted molar refractivity (Wildman–Crippen MR) is 86.2 cm³/mol. The van der Waals surface area contributed by atoms with E-state index in [0.29, 0.717) is 12.5 Å². The first-order chi connectivity index (χ1) is 10.1. The van der Waals surface area contributed by atoms with Crippen molar-refractivity contribution < 1.29 is 9.53 Å². The molecular formula is C18H29NO2. The summed E-state index contributed by atoms with van der Waals surface area (Å²) in [4.78, 5) is 12.0. The number of amides is 1. The maximum Gasteiger partial charge on any atom is 0.407 e. The largest absolute Gasteiger partial charge is 0.443 e. The molecule has 21 heavy (non-hydrogen) atoms. The van der Waals surface area contributed by atoms with Crippen LogP contribution in [0.25, 0.3) is 0 Å². The fourth-order valence-electron chi connectivity index (χ4n) is 3.34. The minimum atomic E-state index is -0.350. The molecule has 2 aliphatic rings. The zero-order valence-corrected chi connectivity index (χ0v) is 13.5. The highest BCUT2D eigenvalue weighted by atomic mass is 16.6. The van der Waals surface area contributed by atoms with Crippen molar-refractivity contribution in [2.75, 3.05) is 6.54 Å². The van der Waals surface area contributed by atoms with E-state index in [1.54, 1.807) is 0 Å². The summed E-state index contributed by atoms with van der Waals surface area (Å²) >= 11 is 0. The summed E-state index contributed by atoms with van der Waals surface area (Å²) in [6.07, 6.45) is 15.5. The molecule has 1 N–H and O–H groups in total. The van der Waals surface area contributed by atoms with E-state index in [4.69, 9.17) is 4.74 Å². The monoisotopic (exact) mass is 291 g/mol. The van der Waals surface area contributed by atoms with E-state index >= 15 is 0 Å². The highest BCUT2D eigenvalue weighted by Gasteiger charge is 2.34. The van der Waals surface area contributed by atoms with Gasteiger partial charge >= 0.3 is 6.09 Å². The van der Waals surface area contributed by atoms with Gasteiger partial charge < -0.3 is 10.1 Å². The van der Waals surface area contributed by atoms with Crippen LogP contribution in [-0.2, 0) is 4.74 Å². The van der Waals surface area contributed by atoms with Gasteiger partial charge in [-0.05, 0) is 51.9 Å². The quantitative estimate of drug-likeness (QED) is 0.794. The summed E-state index contributed by atoms with van der Waals surface area (Å²) in [5, 5.41) is 2.90. The fourth-order valence-corrected chi connectivity index (χ4v) is 3.34. The second kappa shape index (κ2) is 7.67. The van der Waals surface area contributed by atoms with Crippen molar-refractivity contribution in [3.8, 4) is 0 Å². The number of alkyl carbamates (subject to hydrolysis) is 1. The minimum Gasteiger partial charge on any atom is -0.443 e. The van der Waals surface area contributed by atoms with Crippen LogP contribution in [-0.4, -0.2) is 18.2 Å². The second-order valence-corrected chi connectivity index (χ2v) is 6.80. The van der Waals surface area contributed by atoms with Gasteiger partial charge in [0, 0.05) is 6.54 Å². The summed E-state index contributed by atoms with van der Waals surface area (Å²) in [6.45, 7) is 4.77. The SMILES string of the molecule is CC(C)(OC(=O)NCCC1=CC=CCC1)C1CCCCC1. The lowest BCUT2D eigenvalue weighted by Gasteiger charge is -2.36. The highest BCUT2D eigenvalue weighted by molar-refractivity contribution is 5.67. The average molecular weight is 291 g/mol. The molecule has 3 heteroatoms. The van der Waals surface area contributed by atoms with E-state index in [0.717, 1.165) is 19.3 Å². The van der Waals surface area contributed by atoms with Crippen molar-refractivity contribution in [3.05, 3.63) is 23.8 Å². The molecule has 1 amide bonds. The van der Waals surface area contributed by atoms with Gasteiger partial charge in [-0.2, -0.15) is 0 Å². The Morgan fingerprint density at radius 1 is 1.33 bits per heavy atom. The van der Waals surface area contributed by atoms with Crippen LogP contribution in [0.3, 0.4) is 0 Å². The number of ether oxygens (including phenoxy) is 1. The van der Waals surface area contributed by atoms with Crippen molar-refractivity contribution in [3.63, 3.8) is 0 Å². The predicted octanol–water partition coefficient (Wildman–Crippen LogP) is 4.74. The summed E-state index contributed by atoms with van der Waals surface area (Å²) in [6, 6.07) is 0. The molecule has 0 unspecified atom stereocenters. The van der Waals surface area contributed by atoms with Gasteiger partial charge in [-0.3, -0.25) is 0 Å². The third-order valence-electron chi connectivity index (χ3n) is 4.76.